The van der Waals surface area contributed by atoms with E-state index in [1.54, 1.807) is 0 Å². The number of aryl methyl sites for hydroxylation is 1. The number of hydrogen-bond donors (Lipinski definition) is 2. The lowest BCUT2D eigenvalue weighted by molar-refractivity contribution is 0.241. The van der Waals surface area contributed by atoms with E-state index in [0.717, 1.165) is 31.5 Å². The second-order valence-corrected chi connectivity index (χ2v) is 7.80. The summed E-state index contributed by atoms with van der Waals surface area (Å²) in [5.41, 5.74) is 11.8. The lowest BCUT2D eigenvalue weighted by atomic mass is 9.75. The van der Waals surface area contributed by atoms with E-state index in [4.69, 9.17) is 5.73 Å². The smallest absolute Gasteiger partial charge is 0.0479 e. The van der Waals surface area contributed by atoms with Crippen LogP contribution in [0.4, 0.5) is 0 Å². The van der Waals surface area contributed by atoms with Gasteiger partial charge in [0.25, 0.3) is 0 Å². The van der Waals surface area contributed by atoms with Gasteiger partial charge in [-0.3, -0.25) is 0 Å². The molecule has 0 bridgehead atoms. The van der Waals surface area contributed by atoms with Crippen molar-refractivity contribution in [1.82, 2.24) is 9.88 Å². The van der Waals surface area contributed by atoms with Gasteiger partial charge < -0.3 is 15.6 Å². The third-order valence-corrected chi connectivity index (χ3v) is 5.24. The monoisotopic (exact) mass is 315 g/mol. The molecule has 3 heteroatoms. The van der Waals surface area contributed by atoms with Crippen molar-refractivity contribution in [2.24, 2.45) is 17.1 Å². The SMILES string of the molecule is C=C(NC)C(N)Cc1cn(CC)c2c1CC(C(C)(C)C)CC=C2. The highest BCUT2D eigenvalue weighted by atomic mass is 15.0. The molecule has 2 atom stereocenters. The number of rotatable bonds is 5. The standard InChI is InChI=1S/C20H33N3/c1-7-23-13-15(11-18(21)14(2)22-6)17-12-16(20(3,4)5)9-8-10-19(17)23/h8,10,13,16,18,22H,2,7,9,11-12,21H2,1,3-6H3. The minimum absolute atomic E-state index is 0.0443. The van der Waals surface area contributed by atoms with Gasteiger partial charge >= 0.3 is 0 Å². The van der Waals surface area contributed by atoms with Crippen molar-refractivity contribution in [2.75, 3.05) is 7.05 Å². The van der Waals surface area contributed by atoms with E-state index in [2.05, 4.69) is 62.5 Å². The lowest BCUT2D eigenvalue weighted by Gasteiger charge is -2.30. The van der Waals surface area contributed by atoms with Crippen LogP contribution in [0.1, 0.15) is 50.9 Å². The number of fused-ring (bicyclic) bond motifs is 1. The Morgan fingerprint density at radius 3 is 2.74 bits per heavy atom. The molecule has 0 saturated heterocycles. The Bertz CT molecular complexity index is 587. The van der Waals surface area contributed by atoms with Crippen LogP contribution in [-0.2, 0) is 19.4 Å². The molecule has 128 valence electrons. The van der Waals surface area contributed by atoms with E-state index in [0.29, 0.717) is 11.3 Å². The van der Waals surface area contributed by atoms with E-state index in [1.165, 1.54) is 16.8 Å². The molecule has 0 amide bonds. The molecule has 1 aromatic heterocycles. The molecule has 0 saturated carbocycles. The van der Waals surface area contributed by atoms with Crippen molar-refractivity contribution in [1.29, 1.82) is 0 Å². The number of hydrogen-bond acceptors (Lipinski definition) is 2. The average Bonchev–Trinajstić information content (AvgIpc) is 2.68. The summed E-state index contributed by atoms with van der Waals surface area (Å²) in [5.74, 6) is 0.662. The zero-order valence-electron chi connectivity index (χ0n) is 15.4. The molecule has 1 aromatic rings. The molecule has 2 unspecified atom stereocenters. The number of allylic oxidation sites excluding steroid dienone is 1. The quantitative estimate of drug-likeness (QED) is 0.869. The predicted octanol–water partition coefficient (Wildman–Crippen LogP) is 3.73. The minimum Gasteiger partial charge on any atom is -0.391 e. The first kappa shape index (κ1) is 17.9. The Balaban J connectivity index is 2.37. The number of nitrogens with zero attached hydrogens (tertiary/aromatic N) is 1. The highest BCUT2D eigenvalue weighted by Crippen LogP contribution is 2.37. The van der Waals surface area contributed by atoms with Crippen LogP contribution in [0.2, 0.25) is 0 Å². The first-order chi connectivity index (χ1) is 10.8. The first-order valence-electron chi connectivity index (χ1n) is 8.77. The van der Waals surface area contributed by atoms with Crippen molar-refractivity contribution in [3.05, 3.63) is 41.4 Å². The molecular formula is C20H33N3. The van der Waals surface area contributed by atoms with E-state index in [1.807, 2.05) is 7.05 Å². The predicted molar refractivity (Wildman–Crippen MR) is 100 cm³/mol. The topological polar surface area (TPSA) is 43.0 Å². The average molecular weight is 316 g/mol. The van der Waals surface area contributed by atoms with Crippen molar-refractivity contribution >= 4 is 6.08 Å². The fourth-order valence-electron chi connectivity index (χ4n) is 3.42. The number of aromatic nitrogens is 1. The Labute approximate surface area is 141 Å². The zero-order valence-corrected chi connectivity index (χ0v) is 15.4. The van der Waals surface area contributed by atoms with Crippen LogP contribution < -0.4 is 11.1 Å². The molecule has 0 radical (unpaired) electrons. The summed E-state index contributed by atoms with van der Waals surface area (Å²) >= 11 is 0. The zero-order chi connectivity index (χ0) is 17.2. The summed E-state index contributed by atoms with van der Waals surface area (Å²) in [6, 6.07) is -0.0443. The summed E-state index contributed by atoms with van der Waals surface area (Å²) in [5, 5.41) is 3.09. The van der Waals surface area contributed by atoms with Crippen LogP contribution in [0, 0.1) is 11.3 Å². The van der Waals surface area contributed by atoms with E-state index in [9.17, 15) is 0 Å². The van der Waals surface area contributed by atoms with Crippen LogP contribution in [-0.4, -0.2) is 17.7 Å². The largest absolute Gasteiger partial charge is 0.391 e. The van der Waals surface area contributed by atoms with Crippen LogP contribution in [0.3, 0.4) is 0 Å². The summed E-state index contributed by atoms with van der Waals surface area (Å²) in [6.45, 7) is 14.3. The lowest BCUT2D eigenvalue weighted by Crippen LogP contribution is -2.31. The summed E-state index contributed by atoms with van der Waals surface area (Å²) in [7, 11) is 1.89. The molecule has 3 N–H and O–H groups in total. The van der Waals surface area contributed by atoms with Crippen molar-refractivity contribution in [3.8, 4) is 0 Å². The molecule has 1 heterocycles. The summed E-state index contributed by atoms with van der Waals surface area (Å²) in [4.78, 5) is 0. The Morgan fingerprint density at radius 1 is 1.48 bits per heavy atom. The van der Waals surface area contributed by atoms with Gasteiger partial charge in [-0.2, -0.15) is 0 Å². The third-order valence-electron chi connectivity index (χ3n) is 5.24. The van der Waals surface area contributed by atoms with Crippen LogP contribution in [0.5, 0.6) is 0 Å². The fourth-order valence-corrected chi connectivity index (χ4v) is 3.42. The fraction of sp³-hybridized carbons (Fsp3) is 0.600. The van der Waals surface area contributed by atoms with E-state index >= 15 is 0 Å². The van der Waals surface area contributed by atoms with Gasteiger partial charge in [-0.25, -0.2) is 0 Å². The van der Waals surface area contributed by atoms with Crippen molar-refractivity contribution in [2.45, 2.75) is 59.5 Å². The highest BCUT2D eigenvalue weighted by molar-refractivity contribution is 5.55. The van der Waals surface area contributed by atoms with E-state index < -0.39 is 0 Å². The minimum atomic E-state index is -0.0443. The van der Waals surface area contributed by atoms with Gasteiger partial charge in [-0.05, 0) is 54.7 Å². The van der Waals surface area contributed by atoms with Crippen molar-refractivity contribution in [3.63, 3.8) is 0 Å². The normalized spacial score (nSPS) is 19.1. The maximum absolute atomic E-state index is 6.31. The molecule has 0 aromatic carbocycles. The molecule has 23 heavy (non-hydrogen) atoms. The molecule has 1 aliphatic carbocycles. The highest BCUT2D eigenvalue weighted by Gasteiger charge is 2.28. The Kier molecular flexibility index (Phi) is 5.41. The van der Waals surface area contributed by atoms with Gasteiger partial charge in [-0.1, -0.05) is 33.4 Å². The number of nitrogens with one attached hydrogen (secondary N) is 1. The molecule has 1 aliphatic rings. The molecular weight excluding hydrogens is 282 g/mol. The molecule has 0 aliphatic heterocycles. The van der Waals surface area contributed by atoms with Gasteiger partial charge in [0.05, 0.1) is 0 Å². The van der Waals surface area contributed by atoms with Crippen LogP contribution in [0.15, 0.2) is 24.5 Å². The second-order valence-electron chi connectivity index (χ2n) is 7.80. The Morgan fingerprint density at radius 2 is 2.17 bits per heavy atom. The summed E-state index contributed by atoms with van der Waals surface area (Å²) < 4.78 is 2.36. The van der Waals surface area contributed by atoms with Gasteiger partial charge in [0, 0.05) is 37.2 Å². The number of nitrogens with two attached hydrogens (primary N) is 1. The van der Waals surface area contributed by atoms with Gasteiger partial charge in [0.2, 0.25) is 0 Å². The maximum atomic E-state index is 6.31. The second kappa shape index (κ2) is 6.96. The third kappa shape index (κ3) is 3.89. The van der Waals surface area contributed by atoms with Gasteiger partial charge in [0.1, 0.15) is 0 Å². The molecule has 3 nitrogen and oxygen atoms in total. The van der Waals surface area contributed by atoms with Gasteiger partial charge in [0.15, 0.2) is 0 Å². The summed E-state index contributed by atoms with van der Waals surface area (Å²) in [6.07, 6.45) is 10.1. The van der Waals surface area contributed by atoms with Crippen molar-refractivity contribution < 1.29 is 0 Å². The molecule has 0 spiro atoms. The Hall–Kier alpha value is -1.48. The number of likely N-dealkylation sites (N-methyl/N-ethyl adjacent to an activating group) is 1. The first-order valence-corrected chi connectivity index (χ1v) is 8.77. The molecule has 0 fully saturated rings. The van der Waals surface area contributed by atoms with Gasteiger partial charge in [-0.15, -0.1) is 0 Å². The van der Waals surface area contributed by atoms with Crippen LogP contribution >= 0.6 is 0 Å². The van der Waals surface area contributed by atoms with Crippen LogP contribution in [0.25, 0.3) is 6.08 Å². The van der Waals surface area contributed by atoms with E-state index in [-0.39, 0.29) is 6.04 Å². The maximum Gasteiger partial charge on any atom is 0.0479 e. The molecule has 2 rings (SSSR count).